The molecular weight excluding hydrogens is 282 g/mol. The first-order chi connectivity index (χ1) is 8.97. The second kappa shape index (κ2) is 7.80. The van der Waals surface area contributed by atoms with Gasteiger partial charge in [0.15, 0.2) is 0 Å². The second-order valence-corrected chi connectivity index (χ2v) is 6.52. The Kier molecular flexibility index (Phi) is 6.72. The molecule has 0 spiro atoms. The van der Waals surface area contributed by atoms with Crippen molar-refractivity contribution in [2.24, 2.45) is 0 Å². The number of aromatic nitrogens is 2. The Bertz CT molecular complexity index is 462. The molecule has 1 aromatic rings. The summed E-state index contributed by atoms with van der Waals surface area (Å²) in [5.74, 6) is 2.22. The van der Waals surface area contributed by atoms with Crippen LogP contribution in [0.25, 0.3) is 0 Å². The molecule has 6 heteroatoms. The highest BCUT2D eigenvalue weighted by Crippen LogP contribution is 2.18. The zero-order valence-electron chi connectivity index (χ0n) is 11.9. The molecule has 108 valence electrons. The Morgan fingerprint density at radius 3 is 2.74 bits per heavy atom. The summed E-state index contributed by atoms with van der Waals surface area (Å²) >= 11 is 8.01. The van der Waals surface area contributed by atoms with Gasteiger partial charge >= 0.3 is 0 Å². The molecule has 0 amide bonds. The zero-order chi connectivity index (χ0) is 14.4. The molecule has 0 aromatic carbocycles. The number of nitrogens with zero attached hydrogens (tertiary/aromatic N) is 2. The van der Waals surface area contributed by atoms with Gasteiger partial charge in [0, 0.05) is 6.04 Å². The lowest BCUT2D eigenvalue weighted by molar-refractivity contribution is 0.503. The fraction of sp³-hybridized carbons (Fsp3) is 0.692. The third-order valence-electron chi connectivity index (χ3n) is 2.73. The summed E-state index contributed by atoms with van der Waals surface area (Å²) in [5, 5.41) is 7.62. The minimum atomic E-state index is -0.239. The molecule has 1 unspecified atom stereocenters. The molecule has 0 aliphatic rings. The lowest BCUT2D eigenvalue weighted by atomic mass is 10.2. The van der Waals surface area contributed by atoms with Crippen LogP contribution in [0.15, 0.2) is 11.0 Å². The van der Waals surface area contributed by atoms with Crippen LogP contribution in [0.3, 0.4) is 0 Å². The number of rotatable bonds is 7. The summed E-state index contributed by atoms with van der Waals surface area (Å²) in [7, 11) is 0. The van der Waals surface area contributed by atoms with Gasteiger partial charge in [0.05, 0.1) is 17.9 Å². The maximum Gasteiger partial charge on any atom is 0.287 e. The van der Waals surface area contributed by atoms with Crippen molar-refractivity contribution in [2.75, 3.05) is 16.8 Å². The normalized spacial score (nSPS) is 12.7. The van der Waals surface area contributed by atoms with Crippen molar-refractivity contribution >= 4 is 29.1 Å². The van der Waals surface area contributed by atoms with E-state index in [0.717, 1.165) is 17.9 Å². The Labute approximate surface area is 123 Å². The van der Waals surface area contributed by atoms with Gasteiger partial charge in [-0.15, -0.1) is 0 Å². The molecule has 0 saturated heterocycles. The van der Waals surface area contributed by atoms with Crippen molar-refractivity contribution < 1.29 is 0 Å². The molecule has 1 aromatic heterocycles. The largest absolute Gasteiger partial charge is 0.380 e. The van der Waals surface area contributed by atoms with E-state index in [0.29, 0.717) is 5.69 Å². The summed E-state index contributed by atoms with van der Waals surface area (Å²) < 4.78 is 1.39. The molecule has 0 aliphatic heterocycles. The number of hydrogen-bond donors (Lipinski definition) is 1. The van der Waals surface area contributed by atoms with E-state index in [-0.39, 0.29) is 22.7 Å². The maximum atomic E-state index is 12.0. The highest BCUT2D eigenvalue weighted by Gasteiger charge is 2.12. The standard InChI is InChI=1S/C13H22ClN3OS/c1-5-19-7-6-10(4)16-11-8-15-17(9(2)3)13(18)12(11)14/h8-10,16H,5-7H2,1-4H3. The second-order valence-electron chi connectivity index (χ2n) is 4.75. The van der Waals surface area contributed by atoms with Crippen LogP contribution in [-0.2, 0) is 0 Å². The smallest absolute Gasteiger partial charge is 0.287 e. The van der Waals surface area contributed by atoms with Crippen molar-refractivity contribution in [3.63, 3.8) is 0 Å². The average molecular weight is 304 g/mol. The maximum absolute atomic E-state index is 12.0. The number of thioether (sulfide) groups is 1. The fourth-order valence-corrected chi connectivity index (χ4v) is 2.65. The summed E-state index contributed by atoms with van der Waals surface area (Å²) in [5.41, 5.74) is 0.384. The Balaban J connectivity index is 2.75. The van der Waals surface area contributed by atoms with Gasteiger partial charge in [-0.2, -0.15) is 16.9 Å². The quantitative estimate of drug-likeness (QED) is 0.784. The molecule has 1 N–H and O–H groups in total. The van der Waals surface area contributed by atoms with Crippen molar-refractivity contribution in [2.45, 2.75) is 46.2 Å². The van der Waals surface area contributed by atoms with Gasteiger partial charge in [-0.05, 0) is 38.7 Å². The predicted octanol–water partition coefficient (Wildman–Crippen LogP) is 3.42. The Morgan fingerprint density at radius 2 is 2.16 bits per heavy atom. The molecule has 4 nitrogen and oxygen atoms in total. The number of hydrogen-bond acceptors (Lipinski definition) is 4. The molecule has 0 saturated carbocycles. The van der Waals surface area contributed by atoms with Crippen molar-refractivity contribution in [3.8, 4) is 0 Å². The monoisotopic (exact) mass is 303 g/mol. The SMILES string of the molecule is CCSCCC(C)Nc1cnn(C(C)C)c(=O)c1Cl. The zero-order valence-corrected chi connectivity index (χ0v) is 13.5. The van der Waals surface area contributed by atoms with E-state index in [1.54, 1.807) is 6.20 Å². The minimum absolute atomic E-state index is 0.0115. The van der Waals surface area contributed by atoms with E-state index in [4.69, 9.17) is 11.6 Å². The van der Waals surface area contributed by atoms with Gasteiger partial charge in [0.2, 0.25) is 0 Å². The van der Waals surface area contributed by atoms with Crippen LogP contribution in [-0.4, -0.2) is 27.3 Å². The first-order valence-corrected chi connectivity index (χ1v) is 8.12. The van der Waals surface area contributed by atoms with Crippen molar-refractivity contribution in [3.05, 3.63) is 21.6 Å². The van der Waals surface area contributed by atoms with Crippen LogP contribution in [0.1, 0.15) is 40.2 Å². The van der Waals surface area contributed by atoms with E-state index >= 15 is 0 Å². The van der Waals surface area contributed by atoms with Gasteiger partial charge in [-0.1, -0.05) is 18.5 Å². The summed E-state index contributed by atoms with van der Waals surface area (Å²) in [6, 6.07) is 0.282. The van der Waals surface area contributed by atoms with Crippen molar-refractivity contribution in [1.29, 1.82) is 0 Å². The molecule has 19 heavy (non-hydrogen) atoms. The highest BCUT2D eigenvalue weighted by atomic mass is 35.5. The lowest BCUT2D eigenvalue weighted by Crippen LogP contribution is -2.27. The van der Waals surface area contributed by atoms with Gasteiger partial charge < -0.3 is 5.32 Å². The molecule has 0 aliphatic carbocycles. The third-order valence-corrected chi connectivity index (χ3v) is 4.03. The summed E-state index contributed by atoms with van der Waals surface area (Å²) in [6.07, 6.45) is 2.66. The summed E-state index contributed by atoms with van der Waals surface area (Å²) in [4.78, 5) is 12.0. The topological polar surface area (TPSA) is 46.9 Å². The molecular formula is C13H22ClN3OS. The van der Waals surface area contributed by atoms with E-state index in [1.807, 2.05) is 25.6 Å². The van der Waals surface area contributed by atoms with Crippen LogP contribution in [0.5, 0.6) is 0 Å². The van der Waals surface area contributed by atoms with Crippen LogP contribution in [0.4, 0.5) is 5.69 Å². The highest BCUT2D eigenvalue weighted by molar-refractivity contribution is 7.99. The molecule has 1 atom stereocenters. The number of halogens is 1. The van der Waals surface area contributed by atoms with E-state index in [2.05, 4.69) is 24.3 Å². The number of anilines is 1. The first kappa shape index (κ1) is 16.4. The van der Waals surface area contributed by atoms with Gasteiger partial charge in [0.1, 0.15) is 5.02 Å². The van der Waals surface area contributed by atoms with Gasteiger partial charge in [-0.3, -0.25) is 4.79 Å². The van der Waals surface area contributed by atoms with E-state index < -0.39 is 0 Å². The van der Waals surface area contributed by atoms with Crippen molar-refractivity contribution in [1.82, 2.24) is 9.78 Å². The summed E-state index contributed by atoms with van der Waals surface area (Å²) in [6.45, 7) is 8.04. The average Bonchev–Trinajstić information content (AvgIpc) is 2.35. The molecule has 1 heterocycles. The van der Waals surface area contributed by atoms with Crippen LogP contribution in [0.2, 0.25) is 5.02 Å². The van der Waals surface area contributed by atoms with Crippen LogP contribution >= 0.6 is 23.4 Å². The molecule has 0 bridgehead atoms. The molecule has 1 rings (SSSR count). The van der Waals surface area contributed by atoms with E-state index in [1.165, 1.54) is 4.68 Å². The van der Waals surface area contributed by atoms with Gasteiger partial charge in [-0.25, -0.2) is 4.68 Å². The van der Waals surface area contributed by atoms with Gasteiger partial charge in [0.25, 0.3) is 5.56 Å². The Hall–Kier alpha value is -0.680. The lowest BCUT2D eigenvalue weighted by Gasteiger charge is -2.17. The van der Waals surface area contributed by atoms with Crippen LogP contribution in [0, 0.1) is 0 Å². The van der Waals surface area contributed by atoms with E-state index in [9.17, 15) is 4.79 Å². The Morgan fingerprint density at radius 1 is 1.47 bits per heavy atom. The third kappa shape index (κ3) is 4.73. The number of nitrogens with one attached hydrogen (secondary N) is 1. The van der Waals surface area contributed by atoms with Crippen LogP contribution < -0.4 is 10.9 Å². The molecule has 0 fully saturated rings. The molecule has 0 radical (unpaired) electrons. The fourth-order valence-electron chi connectivity index (χ4n) is 1.66. The first-order valence-electron chi connectivity index (χ1n) is 6.59. The predicted molar refractivity (Wildman–Crippen MR) is 84.6 cm³/mol. The minimum Gasteiger partial charge on any atom is -0.380 e.